The Morgan fingerprint density at radius 2 is 0.905 bits per heavy atom. The molecule has 0 saturated carbocycles. The highest BCUT2D eigenvalue weighted by Crippen LogP contribution is 2.45. The molecule has 7 rings (SSSR count). The lowest BCUT2D eigenvalue weighted by molar-refractivity contribution is -0.222. The van der Waals surface area contributed by atoms with E-state index in [1.54, 1.807) is 4.48 Å². The van der Waals surface area contributed by atoms with Crippen LogP contribution in [-0.2, 0) is 31.0 Å². The van der Waals surface area contributed by atoms with Crippen LogP contribution in [0.4, 0.5) is 17.6 Å². The van der Waals surface area contributed by atoms with Crippen LogP contribution in [0.1, 0.15) is 129 Å². The van der Waals surface area contributed by atoms with Gasteiger partial charge in [-0.15, -0.1) is 0 Å². The Bertz CT molecular complexity index is 2550. The van der Waals surface area contributed by atoms with Crippen LogP contribution in [0.2, 0.25) is 0 Å². The fourth-order valence-electron chi connectivity index (χ4n) is 8.09. The molecular weight excluding hydrogens is 795 g/mol. The van der Waals surface area contributed by atoms with Gasteiger partial charge in [-0.2, -0.15) is 17.6 Å². The van der Waals surface area contributed by atoms with Crippen molar-refractivity contribution in [2.24, 2.45) is 4.99 Å². The molecule has 2 aliphatic rings. The standard InChI is InChI=1S/C54H61BF4N2O2/c1-34(47-43(35-14-22-39(23-15-35)49(2,3)4)30-45(60-47)37-18-26-41(27-19-37)51(8,9)10)48-44(36-16-24-40(25-17-36)50(5,6)7)31-46(38-20-28-42(29-21-38)52(11,12)13)61(48)55-62-32-53(56,57)54(58,59)33-63-55/h14-31H,32-33H2,1-13H3/b47-34-. The minimum Gasteiger partial charge on any atom is -0.385 e. The summed E-state index contributed by atoms with van der Waals surface area (Å²) in [4.78, 5) is 5.38. The van der Waals surface area contributed by atoms with Crippen LogP contribution < -0.4 is 0 Å². The molecule has 4 aromatic carbocycles. The van der Waals surface area contributed by atoms with E-state index in [4.69, 9.17) is 14.3 Å². The number of alkyl halides is 4. The lowest BCUT2D eigenvalue weighted by Gasteiger charge is -2.22. The maximum absolute atomic E-state index is 15.1. The molecule has 0 aliphatic carbocycles. The van der Waals surface area contributed by atoms with Gasteiger partial charge in [0.15, 0.2) is 0 Å². The second kappa shape index (κ2) is 16.2. The van der Waals surface area contributed by atoms with Crippen molar-refractivity contribution in [2.75, 3.05) is 13.2 Å². The Balaban J connectivity index is 1.54. The van der Waals surface area contributed by atoms with Gasteiger partial charge in [-0.1, -0.05) is 180 Å². The largest absolute Gasteiger partial charge is 0.598 e. The van der Waals surface area contributed by atoms with E-state index < -0.39 is 32.3 Å². The molecule has 1 aromatic heterocycles. The molecule has 0 N–H and O–H groups in total. The lowest BCUT2D eigenvalue weighted by atomic mass is 9.85. The van der Waals surface area contributed by atoms with Crippen molar-refractivity contribution in [1.82, 2.24) is 4.48 Å². The van der Waals surface area contributed by atoms with Crippen LogP contribution in [0.5, 0.6) is 0 Å². The van der Waals surface area contributed by atoms with Gasteiger partial charge in [0.05, 0.1) is 11.4 Å². The Morgan fingerprint density at radius 3 is 1.30 bits per heavy atom. The maximum Gasteiger partial charge on any atom is 0.598 e. The number of nitrogens with zero attached hydrogens (tertiary/aromatic N) is 2. The fraction of sp³-hybridized carbons (Fsp3) is 0.389. The van der Waals surface area contributed by atoms with Gasteiger partial charge in [0, 0.05) is 28.1 Å². The number of rotatable bonds is 6. The lowest BCUT2D eigenvalue weighted by Crippen LogP contribution is -2.45. The molecule has 330 valence electrons. The quantitative estimate of drug-likeness (QED) is 0.126. The van der Waals surface area contributed by atoms with E-state index in [1.807, 2.05) is 49.4 Å². The Hall–Kier alpha value is -4.99. The summed E-state index contributed by atoms with van der Waals surface area (Å²) >= 11 is 0. The third-order valence-corrected chi connectivity index (χ3v) is 12.3. The number of aliphatic imine (C=N–C) groups is 1. The van der Waals surface area contributed by atoms with Gasteiger partial charge >= 0.3 is 19.1 Å². The van der Waals surface area contributed by atoms with Crippen LogP contribution in [0.15, 0.2) is 120 Å². The van der Waals surface area contributed by atoms with Crippen molar-refractivity contribution in [3.05, 3.63) is 154 Å². The van der Waals surface area contributed by atoms with Crippen LogP contribution in [0, 0.1) is 0 Å². The predicted octanol–water partition coefficient (Wildman–Crippen LogP) is 14.5. The highest BCUT2D eigenvalue weighted by Gasteiger charge is 2.60. The van der Waals surface area contributed by atoms with E-state index in [1.165, 1.54) is 11.1 Å². The highest BCUT2D eigenvalue weighted by atomic mass is 19.3. The van der Waals surface area contributed by atoms with Crippen molar-refractivity contribution in [3.8, 4) is 22.4 Å². The molecule has 3 heterocycles. The van der Waals surface area contributed by atoms with Gasteiger partial charge in [-0.25, -0.2) is 4.99 Å². The van der Waals surface area contributed by atoms with Crippen LogP contribution >= 0.6 is 0 Å². The first-order valence-corrected chi connectivity index (χ1v) is 21.9. The fourth-order valence-corrected chi connectivity index (χ4v) is 8.09. The normalized spacial score (nSPS) is 18.0. The summed E-state index contributed by atoms with van der Waals surface area (Å²) in [6.07, 6.45) is 2.09. The zero-order valence-corrected chi connectivity index (χ0v) is 39.1. The molecule has 0 unspecified atom stereocenters. The van der Waals surface area contributed by atoms with Crippen LogP contribution in [0.25, 0.3) is 33.5 Å². The summed E-state index contributed by atoms with van der Waals surface area (Å²) in [5.41, 5.74) is 12.5. The van der Waals surface area contributed by atoms with E-state index in [0.717, 1.165) is 50.2 Å². The topological polar surface area (TPSA) is 35.8 Å². The van der Waals surface area contributed by atoms with Gasteiger partial charge in [0.25, 0.3) is 0 Å². The second-order valence-electron chi connectivity index (χ2n) is 21.3. The van der Waals surface area contributed by atoms with Gasteiger partial charge < -0.3 is 13.8 Å². The Kier molecular flexibility index (Phi) is 11.8. The maximum atomic E-state index is 15.1. The third kappa shape index (κ3) is 9.33. The number of allylic oxidation sites excluding steroid dienone is 3. The van der Waals surface area contributed by atoms with Crippen molar-refractivity contribution < 1.29 is 26.9 Å². The molecular formula is C54H61BF4N2O2. The summed E-state index contributed by atoms with van der Waals surface area (Å²) < 4.78 is 73.4. The molecule has 0 bridgehead atoms. The molecule has 0 radical (unpaired) electrons. The average Bonchev–Trinajstić information content (AvgIpc) is 3.81. The molecule has 2 aliphatic heterocycles. The number of halogens is 4. The molecule has 1 saturated heterocycles. The average molecular weight is 857 g/mol. The van der Waals surface area contributed by atoms with E-state index in [-0.39, 0.29) is 21.7 Å². The van der Waals surface area contributed by atoms with Crippen molar-refractivity contribution >= 4 is 24.1 Å². The van der Waals surface area contributed by atoms with Gasteiger partial charge in [-0.3, -0.25) is 0 Å². The summed E-state index contributed by atoms with van der Waals surface area (Å²) in [6.45, 7) is 24.8. The molecule has 0 atom stereocenters. The van der Waals surface area contributed by atoms with E-state index in [9.17, 15) is 0 Å². The first-order valence-electron chi connectivity index (χ1n) is 21.9. The van der Waals surface area contributed by atoms with Crippen LogP contribution in [0.3, 0.4) is 0 Å². The SMILES string of the molecule is C/C(=C1/N=C(c2ccc(C(C)(C)C)cc2)C=C1c1ccc(C(C)(C)C)cc1)c1c(-c2ccc(C(C)(C)C)cc2)cc(-c2ccc(C(C)(C)C)cc2)n1B1OCC(F)(F)C(F)(F)CO1. The minimum atomic E-state index is -4.45. The van der Waals surface area contributed by atoms with E-state index in [2.05, 4.69) is 150 Å². The second-order valence-corrected chi connectivity index (χ2v) is 21.3. The minimum absolute atomic E-state index is 0.0405. The van der Waals surface area contributed by atoms with Gasteiger partial charge in [0.2, 0.25) is 0 Å². The monoisotopic (exact) mass is 856 g/mol. The van der Waals surface area contributed by atoms with Crippen molar-refractivity contribution in [1.29, 1.82) is 0 Å². The smallest absolute Gasteiger partial charge is 0.385 e. The highest BCUT2D eigenvalue weighted by molar-refractivity contribution is 6.44. The third-order valence-electron chi connectivity index (χ3n) is 12.3. The van der Waals surface area contributed by atoms with Gasteiger partial charge in [0.1, 0.15) is 13.2 Å². The summed E-state index contributed by atoms with van der Waals surface area (Å²) in [5, 5.41) is 0. The Labute approximate surface area is 372 Å². The molecule has 0 spiro atoms. The van der Waals surface area contributed by atoms with E-state index in [0.29, 0.717) is 22.7 Å². The van der Waals surface area contributed by atoms with Crippen LogP contribution in [-0.4, -0.2) is 42.5 Å². The molecule has 5 aromatic rings. The molecule has 4 nitrogen and oxygen atoms in total. The number of benzene rings is 4. The van der Waals surface area contributed by atoms with Gasteiger partial charge in [-0.05, 0) is 85.2 Å². The van der Waals surface area contributed by atoms with Crippen molar-refractivity contribution in [2.45, 2.75) is 124 Å². The molecule has 0 amide bonds. The van der Waals surface area contributed by atoms with Crippen molar-refractivity contribution in [3.63, 3.8) is 0 Å². The number of hydrogen-bond donors (Lipinski definition) is 0. The zero-order chi connectivity index (χ0) is 46.1. The first-order chi connectivity index (χ1) is 29.2. The summed E-state index contributed by atoms with van der Waals surface area (Å²) in [5.74, 6) is -8.91. The number of aromatic nitrogens is 1. The summed E-state index contributed by atoms with van der Waals surface area (Å²) in [7, 11) is -1.64. The molecule has 1 fully saturated rings. The zero-order valence-electron chi connectivity index (χ0n) is 39.1. The molecule has 9 heteroatoms. The molecule has 63 heavy (non-hydrogen) atoms. The Morgan fingerprint density at radius 1 is 0.540 bits per heavy atom. The summed E-state index contributed by atoms with van der Waals surface area (Å²) in [6, 6.07) is 35.2. The predicted molar refractivity (Wildman–Crippen MR) is 253 cm³/mol. The number of hydrogen-bond acceptors (Lipinski definition) is 3. The first kappa shape index (κ1) is 46.0. The van der Waals surface area contributed by atoms with E-state index >= 15 is 17.6 Å².